The Bertz CT molecular complexity index is 815. The highest BCUT2D eigenvalue weighted by Crippen LogP contribution is 2.48. The smallest absolute Gasteiger partial charge is 0.224 e. The number of benzene rings is 2. The van der Waals surface area contributed by atoms with Crippen LogP contribution < -0.4 is 10.1 Å². The molecule has 3 unspecified atom stereocenters. The van der Waals surface area contributed by atoms with Gasteiger partial charge in [-0.2, -0.15) is 0 Å². The highest BCUT2D eigenvalue weighted by Gasteiger charge is 2.44. The van der Waals surface area contributed by atoms with Crippen molar-refractivity contribution in [2.45, 2.75) is 38.6 Å². The lowest BCUT2D eigenvalue weighted by Gasteiger charge is -2.28. The fourth-order valence-electron chi connectivity index (χ4n) is 3.87. The summed E-state index contributed by atoms with van der Waals surface area (Å²) in [5, 5.41) is 3.21. The average molecular weight is 339 g/mol. The van der Waals surface area contributed by atoms with Gasteiger partial charge in [-0.25, -0.2) is 4.39 Å². The maximum absolute atomic E-state index is 13.1. The van der Waals surface area contributed by atoms with Gasteiger partial charge in [0, 0.05) is 17.9 Å². The summed E-state index contributed by atoms with van der Waals surface area (Å²) >= 11 is 0. The van der Waals surface area contributed by atoms with E-state index in [4.69, 9.17) is 4.74 Å². The van der Waals surface area contributed by atoms with Crippen LogP contribution in [0, 0.1) is 25.6 Å². The maximum Gasteiger partial charge on any atom is 0.224 e. The molecule has 3 atom stereocenters. The molecule has 0 spiro atoms. The summed E-state index contributed by atoms with van der Waals surface area (Å²) < 4.78 is 18.9. The number of hydrogen-bond donors (Lipinski definition) is 1. The molecule has 1 fully saturated rings. The molecule has 2 aromatic rings. The second-order valence-electron chi connectivity index (χ2n) is 7.20. The molecule has 1 N–H and O–H groups in total. The fourth-order valence-corrected chi connectivity index (χ4v) is 3.87. The Morgan fingerprint density at radius 3 is 2.72 bits per heavy atom. The first-order valence-electron chi connectivity index (χ1n) is 8.82. The van der Waals surface area contributed by atoms with E-state index < -0.39 is 0 Å². The molecule has 2 aliphatic rings. The molecule has 0 bridgehead atoms. The zero-order valence-electron chi connectivity index (χ0n) is 14.5. The summed E-state index contributed by atoms with van der Waals surface area (Å²) in [6.45, 7) is 4.72. The molecule has 1 aliphatic heterocycles. The van der Waals surface area contributed by atoms with Gasteiger partial charge in [0.25, 0.3) is 0 Å². The second-order valence-corrected chi connectivity index (χ2v) is 7.20. The Kier molecular flexibility index (Phi) is 3.98. The molecule has 4 heteroatoms. The van der Waals surface area contributed by atoms with Gasteiger partial charge < -0.3 is 10.1 Å². The topological polar surface area (TPSA) is 38.3 Å². The zero-order chi connectivity index (χ0) is 17.6. The predicted octanol–water partition coefficient (Wildman–Crippen LogP) is 4.19. The first kappa shape index (κ1) is 16.1. The van der Waals surface area contributed by atoms with Gasteiger partial charge in [-0.1, -0.05) is 29.8 Å². The SMILES string of the molecule is Cc1cc(C)c2c(c1)C(NC(=O)C1CC1c1ccc(F)cc1)CCO2. The van der Waals surface area contributed by atoms with E-state index in [0.29, 0.717) is 6.61 Å². The number of hydrogen-bond acceptors (Lipinski definition) is 2. The molecule has 1 saturated carbocycles. The maximum atomic E-state index is 13.1. The van der Waals surface area contributed by atoms with Crippen molar-refractivity contribution in [3.05, 3.63) is 64.5 Å². The molecule has 3 nitrogen and oxygen atoms in total. The number of halogens is 1. The van der Waals surface area contributed by atoms with Gasteiger partial charge in [0.1, 0.15) is 11.6 Å². The van der Waals surface area contributed by atoms with E-state index in [1.807, 2.05) is 6.92 Å². The Balaban J connectivity index is 1.47. The predicted molar refractivity (Wildman–Crippen MR) is 94.2 cm³/mol. The lowest BCUT2D eigenvalue weighted by atomic mass is 9.95. The molecule has 25 heavy (non-hydrogen) atoms. The molecule has 130 valence electrons. The van der Waals surface area contributed by atoms with Crippen molar-refractivity contribution in [2.24, 2.45) is 5.92 Å². The van der Waals surface area contributed by atoms with E-state index in [0.717, 1.165) is 35.3 Å². The number of amides is 1. The van der Waals surface area contributed by atoms with Crippen LogP contribution in [0.2, 0.25) is 0 Å². The van der Waals surface area contributed by atoms with Crippen LogP contribution in [0.3, 0.4) is 0 Å². The minimum absolute atomic E-state index is 0.00400. The Labute approximate surface area is 147 Å². The highest BCUT2D eigenvalue weighted by atomic mass is 19.1. The lowest BCUT2D eigenvalue weighted by Crippen LogP contribution is -2.33. The number of nitrogens with one attached hydrogen (secondary N) is 1. The van der Waals surface area contributed by atoms with E-state index >= 15 is 0 Å². The minimum atomic E-state index is -0.241. The molecular formula is C21H22FNO2. The third-order valence-corrected chi connectivity index (χ3v) is 5.22. The summed E-state index contributed by atoms with van der Waals surface area (Å²) in [5.41, 5.74) is 4.41. The molecule has 1 heterocycles. The minimum Gasteiger partial charge on any atom is -0.493 e. The number of fused-ring (bicyclic) bond motifs is 1. The summed E-state index contributed by atoms with van der Waals surface area (Å²) in [6.07, 6.45) is 1.62. The van der Waals surface area contributed by atoms with Crippen LogP contribution in [0.25, 0.3) is 0 Å². The largest absolute Gasteiger partial charge is 0.493 e. The number of rotatable bonds is 3. The van der Waals surface area contributed by atoms with Crippen LogP contribution in [0.1, 0.15) is 47.1 Å². The van der Waals surface area contributed by atoms with Gasteiger partial charge >= 0.3 is 0 Å². The Hall–Kier alpha value is -2.36. The van der Waals surface area contributed by atoms with Gasteiger partial charge in [-0.3, -0.25) is 4.79 Å². The van der Waals surface area contributed by atoms with Crippen LogP contribution >= 0.6 is 0 Å². The lowest BCUT2D eigenvalue weighted by molar-refractivity contribution is -0.123. The van der Waals surface area contributed by atoms with Gasteiger partial charge in [0.2, 0.25) is 5.91 Å². The van der Waals surface area contributed by atoms with Crippen LogP contribution in [0.5, 0.6) is 5.75 Å². The number of ether oxygens (including phenoxy) is 1. The van der Waals surface area contributed by atoms with Gasteiger partial charge in [0.05, 0.1) is 12.6 Å². The van der Waals surface area contributed by atoms with E-state index in [1.165, 1.54) is 17.7 Å². The third kappa shape index (κ3) is 3.13. The Morgan fingerprint density at radius 1 is 1.20 bits per heavy atom. The number of aryl methyl sites for hydroxylation is 2. The van der Waals surface area contributed by atoms with Crippen LogP contribution in [-0.4, -0.2) is 12.5 Å². The van der Waals surface area contributed by atoms with Gasteiger partial charge in [-0.15, -0.1) is 0 Å². The summed E-state index contributed by atoms with van der Waals surface area (Å²) in [4.78, 5) is 12.7. The van der Waals surface area contributed by atoms with Crippen molar-refractivity contribution in [3.63, 3.8) is 0 Å². The average Bonchev–Trinajstić information content (AvgIpc) is 3.37. The van der Waals surface area contributed by atoms with Crippen molar-refractivity contribution < 1.29 is 13.9 Å². The van der Waals surface area contributed by atoms with Crippen molar-refractivity contribution in [1.29, 1.82) is 0 Å². The molecule has 1 aliphatic carbocycles. The molecule has 4 rings (SSSR count). The normalized spacial score (nSPS) is 24.2. The van der Waals surface area contributed by atoms with E-state index in [9.17, 15) is 9.18 Å². The molecular weight excluding hydrogens is 317 g/mol. The van der Waals surface area contributed by atoms with Crippen LogP contribution in [0.4, 0.5) is 4.39 Å². The van der Waals surface area contributed by atoms with E-state index in [-0.39, 0.29) is 29.6 Å². The van der Waals surface area contributed by atoms with Crippen molar-refractivity contribution >= 4 is 5.91 Å². The Morgan fingerprint density at radius 2 is 1.96 bits per heavy atom. The van der Waals surface area contributed by atoms with Gasteiger partial charge in [0.15, 0.2) is 0 Å². The molecule has 0 saturated heterocycles. The van der Waals surface area contributed by atoms with Crippen LogP contribution in [0.15, 0.2) is 36.4 Å². The van der Waals surface area contributed by atoms with E-state index in [1.54, 1.807) is 12.1 Å². The molecule has 0 radical (unpaired) electrons. The first-order valence-corrected chi connectivity index (χ1v) is 8.82. The van der Waals surface area contributed by atoms with Crippen LogP contribution in [-0.2, 0) is 4.79 Å². The second kappa shape index (κ2) is 6.17. The fraction of sp³-hybridized carbons (Fsp3) is 0.381. The van der Waals surface area contributed by atoms with Crippen molar-refractivity contribution in [3.8, 4) is 5.75 Å². The van der Waals surface area contributed by atoms with Crippen molar-refractivity contribution in [1.82, 2.24) is 5.32 Å². The van der Waals surface area contributed by atoms with Crippen molar-refractivity contribution in [2.75, 3.05) is 6.61 Å². The first-order chi connectivity index (χ1) is 12.0. The summed E-state index contributed by atoms with van der Waals surface area (Å²) in [5.74, 6) is 0.955. The molecule has 2 aromatic carbocycles. The standard InChI is InChI=1S/C21H22FNO2/c1-12-9-13(2)20-18(10-12)19(7-8-25-20)23-21(24)17-11-16(17)14-3-5-15(22)6-4-14/h3-6,9-10,16-17,19H,7-8,11H2,1-2H3,(H,23,24). The quantitative estimate of drug-likeness (QED) is 0.911. The monoisotopic (exact) mass is 339 g/mol. The molecule has 1 amide bonds. The summed E-state index contributed by atoms with van der Waals surface area (Å²) in [7, 11) is 0. The highest BCUT2D eigenvalue weighted by molar-refractivity contribution is 5.83. The number of carbonyl (C=O) groups excluding carboxylic acids is 1. The number of carbonyl (C=O) groups is 1. The summed E-state index contributed by atoms with van der Waals surface area (Å²) in [6, 6.07) is 10.7. The third-order valence-electron chi connectivity index (χ3n) is 5.22. The van der Waals surface area contributed by atoms with E-state index in [2.05, 4.69) is 24.4 Å². The molecule has 0 aromatic heterocycles. The van der Waals surface area contributed by atoms with Gasteiger partial charge in [-0.05, 0) is 49.4 Å². The zero-order valence-corrected chi connectivity index (χ0v) is 14.5.